The van der Waals surface area contributed by atoms with E-state index < -0.39 is 11.7 Å². The van der Waals surface area contributed by atoms with Gasteiger partial charge in [-0.25, -0.2) is 9.78 Å². The zero-order valence-corrected chi connectivity index (χ0v) is 16.0. The molecule has 1 N–H and O–H groups in total. The number of benzene rings is 1. The van der Waals surface area contributed by atoms with Gasteiger partial charge in [0, 0.05) is 5.69 Å². The molecule has 1 aliphatic carbocycles. The molecule has 144 valence electrons. The predicted octanol–water partition coefficient (Wildman–Crippen LogP) is 3.71. The molecule has 2 aliphatic rings. The number of pyridine rings is 1. The van der Waals surface area contributed by atoms with E-state index in [1.165, 1.54) is 4.90 Å². The molecule has 0 radical (unpaired) electrons. The number of aromatic nitrogens is 1. The van der Waals surface area contributed by atoms with Crippen molar-refractivity contribution in [2.45, 2.75) is 45.3 Å². The first-order valence-corrected chi connectivity index (χ1v) is 9.21. The summed E-state index contributed by atoms with van der Waals surface area (Å²) in [4.78, 5) is 43.3. The second-order valence-electron chi connectivity index (χ2n) is 7.94. The zero-order chi connectivity index (χ0) is 20.1. The number of nitrogens with one attached hydrogen (secondary N) is 1. The first-order valence-electron chi connectivity index (χ1n) is 9.21. The number of nitrogens with zero attached hydrogens (tertiary/aromatic N) is 2. The van der Waals surface area contributed by atoms with Gasteiger partial charge < -0.3 is 4.74 Å². The lowest BCUT2D eigenvalue weighted by Gasteiger charge is -2.23. The van der Waals surface area contributed by atoms with Gasteiger partial charge >= 0.3 is 6.09 Å². The Hall–Kier alpha value is -3.22. The number of carbonyl (C=O) groups excluding carboxylic acids is 3. The third-order valence-corrected chi connectivity index (χ3v) is 4.79. The van der Waals surface area contributed by atoms with Gasteiger partial charge in [0.25, 0.3) is 11.8 Å². The first kappa shape index (κ1) is 18.2. The largest absolute Gasteiger partial charge is 0.444 e. The minimum atomic E-state index is -0.600. The molecule has 1 aromatic carbocycles. The fraction of sp³-hybridized carbons (Fsp3) is 0.333. The number of hydrogen-bond donors (Lipinski definition) is 1. The van der Waals surface area contributed by atoms with Crippen LogP contribution in [0, 0.1) is 0 Å². The van der Waals surface area contributed by atoms with Gasteiger partial charge in [-0.15, -0.1) is 0 Å². The molecule has 7 heteroatoms. The molecule has 0 fully saturated rings. The van der Waals surface area contributed by atoms with Crippen LogP contribution in [0.25, 0.3) is 0 Å². The van der Waals surface area contributed by atoms with E-state index in [1.54, 1.807) is 51.1 Å². The summed E-state index contributed by atoms with van der Waals surface area (Å²) in [6, 6.07) is 10.0. The maximum Gasteiger partial charge on any atom is 0.413 e. The molecule has 1 unspecified atom stereocenters. The second-order valence-corrected chi connectivity index (χ2v) is 7.94. The fourth-order valence-corrected chi connectivity index (χ4v) is 3.68. The van der Waals surface area contributed by atoms with Crippen LogP contribution in [0.15, 0.2) is 36.4 Å². The highest BCUT2D eigenvalue weighted by Gasteiger charge is 2.42. The molecule has 1 aromatic heterocycles. The van der Waals surface area contributed by atoms with E-state index in [-0.39, 0.29) is 17.9 Å². The van der Waals surface area contributed by atoms with Crippen molar-refractivity contribution in [1.29, 1.82) is 0 Å². The van der Waals surface area contributed by atoms with Gasteiger partial charge in [-0.3, -0.25) is 19.8 Å². The summed E-state index contributed by atoms with van der Waals surface area (Å²) < 4.78 is 5.24. The number of anilines is 1. The van der Waals surface area contributed by atoms with E-state index in [0.29, 0.717) is 29.8 Å². The van der Waals surface area contributed by atoms with Crippen LogP contribution in [-0.4, -0.2) is 33.4 Å². The molecule has 4 rings (SSSR count). The number of ether oxygens (including phenoxy) is 1. The topological polar surface area (TPSA) is 88.6 Å². The minimum Gasteiger partial charge on any atom is -0.444 e. The van der Waals surface area contributed by atoms with Crippen LogP contribution in [0.4, 0.5) is 10.6 Å². The van der Waals surface area contributed by atoms with Gasteiger partial charge in [-0.05, 0) is 57.4 Å². The molecule has 3 amide bonds. The molecule has 2 aromatic rings. The van der Waals surface area contributed by atoms with Gasteiger partial charge in [0.05, 0.1) is 17.2 Å². The summed E-state index contributed by atoms with van der Waals surface area (Å²) in [6.45, 7) is 5.36. The number of carbonyl (C=O) groups is 3. The molecular weight excluding hydrogens is 358 g/mol. The number of fused-ring (bicyclic) bond motifs is 2. The van der Waals surface area contributed by atoms with Crippen molar-refractivity contribution >= 4 is 23.7 Å². The highest BCUT2D eigenvalue weighted by Crippen LogP contribution is 2.39. The van der Waals surface area contributed by atoms with Crippen molar-refractivity contribution in [2.75, 3.05) is 5.32 Å². The molecule has 0 spiro atoms. The lowest BCUT2D eigenvalue weighted by molar-refractivity contribution is 0.0579. The zero-order valence-electron chi connectivity index (χ0n) is 16.0. The molecule has 2 heterocycles. The lowest BCUT2D eigenvalue weighted by Crippen LogP contribution is -2.33. The number of amides is 3. The van der Waals surface area contributed by atoms with E-state index in [2.05, 4.69) is 10.3 Å². The molecule has 0 saturated heterocycles. The predicted molar refractivity (Wildman–Crippen MR) is 102 cm³/mol. The summed E-state index contributed by atoms with van der Waals surface area (Å²) in [5.41, 5.74) is 1.89. The van der Waals surface area contributed by atoms with Crippen LogP contribution in [0.5, 0.6) is 0 Å². The summed E-state index contributed by atoms with van der Waals surface area (Å²) in [5, 5.41) is 2.62. The average Bonchev–Trinajstić information content (AvgIpc) is 3.13. The smallest absolute Gasteiger partial charge is 0.413 e. The summed E-state index contributed by atoms with van der Waals surface area (Å²) in [5.74, 6) is -0.153. The van der Waals surface area contributed by atoms with E-state index >= 15 is 0 Å². The van der Waals surface area contributed by atoms with Crippen molar-refractivity contribution in [3.63, 3.8) is 0 Å². The van der Waals surface area contributed by atoms with Crippen LogP contribution >= 0.6 is 0 Å². The average molecular weight is 379 g/mol. The van der Waals surface area contributed by atoms with E-state index in [9.17, 15) is 14.4 Å². The number of aryl methyl sites for hydroxylation is 1. The highest BCUT2D eigenvalue weighted by atomic mass is 16.6. The fourth-order valence-electron chi connectivity index (χ4n) is 3.68. The molecule has 1 atom stereocenters. The minimum absolute atomic E-state index is 0.269. The van der Waals surface area contributed by atoms with Gasteiger partial charge in [0.2, 0.25) is 0 Å². The Labute approximate surface area is 162 Å². The van der Waals surface area contributed by atoms with E-state index in [0.717, 1.165) is 11.3 Å². The van der Waals surface area contributed by atoms with Gasteiger partial charge in [0.15, 0.2) is 0 Å². The van der Waals surface area contributed by atoms with Crippen LogP contribution in [-0.2, 0) is 11.2 Å². The third-order valence-electron chi connectivity index (χ3n) is 4.79. The van der Waals surface area contributed by atoms with Crippen LogP contribution in [0.2, 0.25) is 0 Å². The molecule has 1 aliphatic heterocycles. The SMILES string of the molecule is CC(C)(C)OC(=O)Nc1ccc2c(n1)CCC2N1C(=O)c2ccccc2C1=O. The summed E-state index contributed by atoms with van der Waals surface area (Å²) in [7, 11) is 0. The summed E-state index contributed by atoms with van der Waals surface area (Å²) in [6.07, 6.45) is 0.663. The molecule has 0 bridgehead atoms. The highest BCUT2D eigenvalue weighted by molar-refractivity contribution is 6.21. The van der Waals surface area contributed by atoms with Crippen molar-refractivity contribution in [3.8, 4) is 0 Å². The van der Waals surface area contributed by atoms with E-state index in [4.69, 9.17) is 4.74 Å². The third kappa shape index (κ3) is 3.13. The van der Waals surface area contributed by atoms with Gasteiger partial charge in [0.1, 0.15) is 11.4 Å². The van der Waals surface area contributed by atoms with Gasteiger partial charge in [-0.2, -0.15) is 0 Å². The standard InChI is InChI=1S/C21H21N3O4/c1-21(2,3)28-20(27)23-17-11-8-14-15(22-17)9-10-16(14)24-18(25)12-6-4-5-7-13(12)19(24)26/h4-8,11,16H,9-10H2,1-3H3,(H,22,23,27). The van der Waals surface area contributed by atoms with Crippen molar-refractivity contribution < 1.29 is 19.1 Å². The molecule has 28 heavy (non-hydrogen) atoms. The lowest BCUT2D eigenvalue weighted by atomic mass is 10.1. The van der Waals surface area contributed by atoms with Crippen molar-refractivity contribution in [1.82, 2.24) is 9.88 Å². The Morgan fingerprint density at radius 1 is 1.11 bits per heavy atom. The van der Waals surface area contributed by atoms with Crippen LogP contribution < -0.4 is 5.32 Å². The quantitative estimate of drug-likeness (QED) is 0.804. The maximum atomic E-state index is 12.8. The number of imide groups is 1. The maximum absolute atomic E-state index is 12.8. The van der Waals surface area contributed by atoms with Crippen molar-refractivity contribution in [3.05, 3.63) is 58.8 Å². The number of hydrogen-bond acceptors (Lipinski definition) is 5. The molecular formula is C21H21N3O4. The Kier molecular flexibility index (Phi) is 4.18. The van der Waals surface area contributed by atoms with Crippen LogP contribution in [0.3, 0.4) is 0 Å². The van der Waals surface area contributed by atoms with E-state index in [1.807, 2.05) is 6.07 Å². The Morgan fingerprint density at radius 2 is 1.75 bits per heavy atom. The summed E-state index contributed by atoms with van der Waals surface area (Å²) >= 11 is 0. The van der Waals surface area contributed by atoms with Crippen molar-refractivity contribution in [2.24, 2.45) is 0 Å². The Morgan fingerprint density at radius 3 is 2.36 bits per heavy atom. The monoisotopic (exact) mass is 379 g/mol. The normalized spacial score (nSPS) is 18.1. The number of rotatable bonds is 2. The Balaban J connectivity index is 1.56. The van der Waals surface area contributed by atoms with Gasteiger partial charge in [-0.1, -0.05) is 18.2 Å². The molecule has 7 nitrogen and oxygen atoms in total. The first-order chi connectivity index (χ1) is 13.2. The van der Waals surface area contributed by atoms with Crippen LogP contribution in [0.1, 0.15) is 65.2 Å². The molecule has 0 saturated carbocycles. The second kappa shape index (κ2) is 6.44. The Bertz CT molecular complexity index is 958.